The van der Waals surface area contributed by atoms with Gasteiger partial charge in [0.1, 0.15) is 0 Å². The van der Waals surface area contributed by atoms with Crippen molar-refractivity contribution >= 4 is 37.7 Å². The molecule has 0 bridgehead atoms. The fourth-order valence-corrected chi connectivity index (χ4v) is 0.0373. The molecule has 4 nitrogen and oxygen atoms in total. The third-order valence-corrected chi connectivity index (χ3v) is 0.232. The van der Waals surface area contributed by atoms with Gasteiger partial charge in [0.05, 0.1) is 0 Å². The summed E-state index contributed by atoms with van der Waals surface area (Å²) in [6.45, 7) is 0. The molecular formula is CH4CaNiO4. The van der Waals surface area contributed by atoms with Gasteiger partial charge in [0, 0.05) is 16.5 Å². The minimum Gasteiger partial charge on any atom is 0 e. The Morgan fingerprint density at radius 1 is 1.14 bits per heavy atom. The normalized spacial score (nSPS) is 21.4. The van der Waals surface area contributed by atoms with Crippen molar-refractivity contribution in [2.75, 3.05) is 0 Å². The summed E-state index contributed by atoms with van der Waals surface area (Å²) in [5, 5.41) is 15.5. The van der Waals surface area contributed by atoms with E-state index in [2.05, 4.69) is 9.78 Å². The second-order valence-electron chi connectivity index (χ2n) is 0.715. The van der Waals surface area contributed by atoms with Crippen molar-refractivity contribution in [2.45, 2.75) is 6.16 Å². The molecule has 0 unspecified atom stereocenters. The topological polar surface area (TPSA) is 65.5 Å². The molecule has 0 saturated carbocycles. The summed E-state index contributed by atoms with van der Waals surface area (Å²) in [6, 6.07) is 0. The molecule has 0 spiro atoms. The van der Waals surface area contributed by atoms with Crippen molar-refractivity contribution in [3.63, 3.8) is 0 Å². The van der Waals surface area contributed by atoms with Crippen LogP contribution in [0, 0.1) is 0 Å². The SMILES string of the molecule is OC1(O)OO1.[CaH2].[Ni]. The Hall–Kier alpha value is 1.59. The molecular weight excluding hydrogens is 175 g/mol. The molecule has 1 rings (SSSR count). The standard InChI is InChI=1S/CH2O4.Ca.Ni.2H/c2-1(3)4-5-1;;;;/h2-3H;;;;. The smallest absolute Gasteiger partial charge is 0 e. The summed E-state index contributed by atoms with van der Waals surface area (Å²) in [4.78, 5) is 7.01. The van der Waals surface area contributed by atoms with Crippen LogP contribution in [0.4, 0.5) is 0 Å². The zero-order chi connectivity index (χ0) is 3.91. The Balaban J connectivity index is 0. The van der Waals surface area contributed by atoms with Crippen LogP contribution in [-0.2, 0) is 26.3 Å². The largest absolute Gasteiger partial charge is 0 e. The molecule has 1 fully saturated rings. The van der Waals surface area contributed by atoms with Crippen molar-refractivity contribution < 1.29 is 36.5 Å². The quantitative estimate of drug-likeness (QED) is 0.188. The molecule has 0 amide bonds. The average Bonchev–Trinajstić information content (AvgIpc) is 1.76. The number of hydrogen-bond acceptors (Lipinski definition) is 4. The van der Waals surface area contributed by atoms with Gasteiger partial charge in [-0.05, 0) is 0 Å². The summed E-state index contributed by atoms with van der Waals surface area (Å²) in [5.74, 6) is 0. The van der Waals surface area contributed by atoms with Crippen LogP contribution in [0.2, 0.25) is 0 Å². The molecule has 7 heavy (non-hydrogen) atoms. The maximum absolute atomic E-state index is 7.74. The molecule has 0 atom stereocenters. The van der Waals surface area contributed by atoms with Gasteiger partial charge in [-0.1, -0.05) is 0 Å². The Labute approximate surface area is 79.6 Å². The fourth-order valence-electron chi connectivity index (χ4n) is 0.0373. The van der Waals surface area contributed by atoms with Gasteiger partial charge < -0.3 is 10.2 Å². The van der Waals surface area contributed by atoms with E-state index in [4.69, 9.17) is 10.2 Å². The number of hydrogen-bond donors (Lipinski definition) is 2. The molecule has 1 aliphatic heterocycles. The monoisotopic (exact) mass is 178 g/mol. The molecule has 1 heterocycles. The Morgan fingerprint density at radius 3 is 1.29 bits per heavy atom. The van der Waals surface area contributed by atoms with Crippen molar-refractivity contribution in [1.82, 2.24) is 0 Å². The van der Waals surface area contributed by atoms with Gasteiger partial charge in [0.2, 0.25) is 0 Å². The van der Waals surface area contributed by atoms with E-state index in [0.717, 1.165) is 0 Å². The molecule has 1 saturated heterocycles. The Morgan fingerprint density at radius 2 is 1.29 bits per heavy atom. The van der Waals surface area contributed by atoms with Gasteiger partial charge in [0.15, 0.2) is 0 Å². The van der Waals surface area contributed by atoms with E-state index in [9.17, 15) is 0 Å². The van der Waals surface area contributed by atoms with E-state index < -0.39 is 6.16 Å². The van der Waals surface area contributed by atoms with E-state index in [0.29, 0.717) is 0 Å². The molecule has 1 aliphatic rings. The minimum absolute atomic E-state index is 0. The molecule has 44 valence electrons. The summed E-state index contributed by atoms with van der Waals surface area (Å²) < 4.78 is 0. The molecule has 0 radical (unpaired) electrons. The van der Waals surface area contributed by atoms with E-state index >= 15 is 0 Å². The number of aliphatic hydroxyl groups is 2. The van der Waals surface area contributed by atoms with Gasteiger partial charge in [0.25, 0.3) is 0 Å². The van der Waals surface area contributed by atoms with Gasteiger partial charge in [-0.2, -0.15) is 0 Å². The predicted octanol–water partition coefficient (Wildman–Crippen LogP) is -2.37. The van der Waals surface area contributed by atoms with Gasteiger partial charge in [-0.25, -0.2) is 0 Å². The maximum atomic E-state index is 7.74. The van der Waals surface area contributed by atoms with Crippen LogP contribution in [0.15, 0.2) is 0 Å². The van der Waals surface area contributed by atoms with Crippen molar-refractivity contribution in [2.24, 2.45) is 0 Å². The van der Waals surface area contributed by atoms with E-state index in [-0.39, 0.29) is 54.2 Å². The third kappa shape index (κ3) is 5.46. The number of rotatable bonds is 0. The first-order valence-corrected chi connectivity index (χ1v) is 1.02. The first-order valence-electron chi connectivity index (χ1n) is 1.02. The molecule has 6 heteroatoms. The van der Waals surface area contributed by atoms with Crippen molar-refractivity contribution in [3.05, 3.63) is 0 Å². The van der Waals surface area contributed by atoms with E-state index in [1.54, 1.807) is 0 Å². The molecule has 0 aromatic rings. The van der Waals surface area contributed by atoms with Gasteiger partial charge in [-0.3, -0.25) is 0 Å². The Kier molecular flexibility index (Phi) is 5.84. The molecule has 2 N–H and O–H groups in total. The van der Waals surface area contributed by atoms with Crippen molar-refractivity contribution in [3.8, 4) is 0 Å². The molecule has 0 aromatic carbocycles. The Bertz CT molecular complexity index is 49.7. The van der Waals surface area contributed by atoms with E-state index in [1.807, 2.05) is 0 Å². The zero-order valence-corrected chi connectivity index (χ0v) is 3.51. The molecule has 0 aliphatic carbocycles. The first-order chi connectivity index (χ1) is 2.21. The first kappa shape index (κ1) is 11.4. The summed E-state index contributed by atoms with van der Waals surface area (Å²) in [5.41, 5.74) is 0. The zero-order valence-electron chi connectivity index (χ0n) is 2.53. The molecule has 0 aromatic heterocycles. The van der Waals surface area contributed by atoms with Crippen LogP contribution in [-0.4, -0.2) is 54.1 Å². The van der Waals surface area contributed by atoms with Gasteiger partial charge in [-0.15, -0.1) is 9.78 Å². The second-order valence-corrected chi connectivity index (χ2v) is 0.715. The summed E-state index contributed by atoms with van der Waals surface area (Å²) in [6.07, 6.45) is -2.25. The average molecular weight is 179 g/mol. The van der Waals surface area contributed by atoms with Crippen LogP contribution in [0.25, 0.3) is 0 Å². The predicted molar refractivity (Wildman–Crippen MR) is 17.9 cm³/mol. The fraction of sp³-hybridized carbons (Fsp3) is 1.00. The van der Waals surface area contributed by atoms with Crippen LogP contribution in [0.1, 0.15) is 0 Å². The van der Waals surface area contributed by atoms with Gasteiger partial charge >= 0.3 is 43.9 Å². The summed E-state index contributed by atoms with van der Waals surface area (Å²) >= 11 is 0. The van der Waals surface area contributed by atoms with E-state index in [1.165, 1.54) is 0 Å². The van der Waals surface area contributed by atoms with Crippen LogP contribution in [0.3, 0.4) is 0 Å². The van der Waals surface area contributed by atoms with Crippen LogP contribution < -0.4 is 0 Å². The van der Waals surface area contributed by atoms with Crippen LogP contribution in [0.5, 0.6) is 0 Å². The minimum atomic E-state index is -2.25. The summed E-state index contributed by atoms with van der Waals surface area (Å²) in [7, 11) is 0. The third-order valence-electron chi connectivity index (χ3n) is 0.232. The maximum Gasteiger partial charge on any atom is 0 e. The van der Waals surface area contributed by atoms with Crippen LogP contribution >= 0.6 is 0 Å². The second kappa shape index (κ2) is 3.59. The van der Waals surface area contributed by atoms with Crippen molar-refractivity contribution in [1.29, 1.82) is 0 Å².